The minimum Gasteiger partial charge on any atom is -0.317 e. The maximum atomic E-state index is 4.45. The van der Waals surface area contributed by atoms with Gasteiger partial charge in [-0.15, -0.1) is 0 Å². The molecule has 8 rings (SSSR count). The molecule has 0 amide bonds. The summed E-state index contributed by atoms with van der Waals surface area (Å²) in [5, 5.41) is 15.0. The monoisotopic (exact) mass is 486 g/mol. The van der Waals surface area contributed by atoms with E-state index in [2.05, 4.69) is 129 Å². The van der Waals surface area contributed by atoms with E-state index in [9.17, 15) is 0 Å². The fraction of sp³-hybridized carbons (Fsp3) is 0. The van der Waals surface area contributed by atoms with E-state index >= 15 is 0 Å². The summed E-state index contributed by atoms with van der Waals surface area (Å²) in [6, 6.07) is 42.8. The second kappa shape index (κ2) is 8.15. The number of rotatable bonds is 3. The van der Waals surface area contributed by atoms with Crippen LogP contribution in [0.25, 0.3) is 66.1 Å². The second-order valence-electron chi connectivity index (χ2n) is 9.63. The van der Waals surface area contributed by atoms with Gasteiger partial charge in [-0.1, -0.05) is 78.9 Å². The van der Waals surface area contributed by atoms with Crippen molar-refractivity contribution in [2.45, 2.75) is 0 Å². The number of fused-ring (bicyclic) bond motifs is 6. The summed E-state index contributed by atoms with van der Waals surface area (Å²) >= 11 is 0. The lowest BCUT2D eigenvalue weighted by Gasteiger charge is -2.11. The highest BCUT2D eigenvalue weighted by Crippen LogP contribution is 2.38. The molecule has 0 aliphatic rings. The van der Waals surface area contributed by atoms with Crippen LogP contribution in [0.5, 0.6) is 0 Å². The molecular formula is C34H22N4. The average Bonchev–Trinajstić information content (AvgIpc) is 3.56. The minimum atomic E-state index is 0.858. The summed E-state index contributed by atoms with van der Waals surface area (Å²) in [5.41, 5.74) is 7.61. The van der Waals surface area contributed by atoms with Gasteiger partial charge in [-0.3, -0.25) is 0 Å². The van der Waals surface area contributed by atoms with E-state index in [1.54, 1.807) is 0 Å². The Morgan fingerprint density at radius 3 is 2.18 bits per heavy atom. The van der Waals surface area contributed by atoms with Crippen molar-refractivity contribution in [2.75, 3.05) is 0 Å². The van der Waals surface area contributed by atoms with Crippen LogP contribution in [0.3, 0.4) is 0 Å². The first kappa shape index (κ1) is 20.9. The molecule has 0 spiro atoms. The molecule has 38 heavy (non-hydrogen) atoms. The van der Waals surface area contributed by atoms with Crippen LogP contribution in [0.1, 0.15) is 0 Å². The Morgan fingerprint density at radius 1 is 0.526 bits per heavy atom. The Morgan fingerprint density at radius 2 is 1.32 bits per heavy atom. The predicted octanol–water partition coefficient (Wildman–Crippen LogP) is 8.34. The summed E-state index contributed by atoms with van der Waals surface area (Å²) < 4.78 is 4.60. The number of nitrogens with zero attached hydrogens (tertiary/aromatic N) is 4. The van der Waals surface area contributed by atoms with Crippen LogP contribution in [-0.2, 0) is 0 Å². The largest absolute Gasteiger partial charge is 0.317 e. The molecule has 0 saturated carbocycles. The second-order valence-corrected chi connectivity index (χ2v) is 9.63. The third-order valence-corrected chi connectivity index (χ3v) is 7.46. The van der Waals surface area contributed by atoms with Crippen molar-refractivity contribution in [3.8, 4) is 22.6 Å². The Labute approximate surface area is 219 Å². The van der Waals surface area contributed by atoms with E-state index in [0.717, 1.165) is 28.1 Å². The topological polar surface area (TPSA) is 35.6 Å². The van der Waals surface area contributed by atoms with Crippen LogP contribution >= 0.6 is 0 Å². The number of hydrogen-bond donors (Lipinski definition) is 0. The molecular weight excluding hydrogens is 464 g/mol. The highest BCUT2D eigenvalue weighted by Gasteiger charge is 2.17. The van der Waals surface area contributed by atoms with Crippen LogP contribution in [0.15, 0.2) is 134 Å². The molecule has 178 valence electrons. The normalized spacial score (nSPS) is 11.7. The van der Waals surface area contributed by atoms with E-state index in [1.165, 1.54) is 38.0 Å². The highest BCUT2D eigenvalue weighted by molar-refractivity contribution is 6.20. The lowest BCUT2D eigenvalue weighted by molar-refractivity contribution is 1.01. The van der Waals surface area contributed by atoms with Gasteiger partial charge in [0, 0.05) is 39.0 Å². The summed E-state index contributed by atoms with van der Waals surface area (Å²) in [6.45, 7) is 0. The zero-order valence-electron chi connectivity index (χ0n) is 20.5. The van der Waals surface area contributed by atoms with E-state index in [0.29, 0.717) is 0 Å². The van der Waals surface area contributed by atoms with Gasteiger partial charge in [-0.2, -0.15) is 10.2 Å². The van der Waals surface area contributed by atoms with Crippen LogP contribution in [0.2, 0.25) is 0 Å². The lowest BCUT2D eigenvalue weighted by Crippen LogP contribution is -1.98. The Kier molecular flexibility index (Phi) is 4.49. The molecule has 0 N–H and O–H groups in total. The summed E-state index contributed by atoms with van der Waals surface area (Å²) in [7, 11) is 0. The molecule has 4 nitrogen and oxygen atoms in total. The molecule has 0 unspecified atom stereocenters. The maximum Gasteiger partial charge on any atom is 0.0950 e. The highest BCUT2D eigenvalue weighted by atomic mass is 15.1. The molecule has 0 aliphatic carbocycles. The molecule has 3 aromatic heterocycles. The average molecular weight is 487 g/mol. The van der Waals surface area contributed by atoms with Crippen LogP contribution in [-0.4, -0.2) is 19.3 Å². The van der Waals surface area contributed by atoms with Crippen molar-refractivity contribution < 1.29 is 0 Å². The van der Waals surface area contributed by atoms with E-state index in [-0.39, 0.29) is 0 Å². The van der Waals surface area contributed by atoms with Gasteiger partial charge in [-0.25, -0.2) is 0 Å². The zero-order valence-corrected chi connectivity index (χ0v) is 20.5. The summed E-state index contributed by atoms with van der Waals surface area (Å²) in [4.78, 5) is 0. The van der Waals surface area contributed by atoms with Gasteiger partial charge in [-0.05, 0) is 47.9 Å². The van der Waals surface area contributed by atoms with Crippen molar-refractivity contribution in [3.63, 3.8) is 0 Å². The number of benzene rings is 5. The summed E-state index contributed by atoms with van der Waals surface area (Å²) in [6.07, 6.45) is 4.02. The Bertz CT molecular complexity index is 2120. The quantitative estimate of drug-likeness (QED) is 0.252. The molecule has 5 aromatic carbocycles. The molecule has 0 fully saturated rings. The van der Waals surface area contributed by atoms with Crippen molar-refractivity contribution >= 4 is 43.5 Å². The standard InChI is InChI=1S/C34H22N4/c1-3-9-23(10-4-1)31-21-27(22-35-36-31)38-32-14-8-7-13-28(32)29-16-15-24-20-33-25(19-30(24)34(29)38)17-18-37(33)26-11-5-2-6-12-26/h1-22H. The zero-order chi connectivity index (χ0) is 25.1. The molecule has 4 heteroatoms. The van der Waals surface area contributed by atoms with Crippen molar-refractivity contribution in [3.05, 3.63) is 134 Å². The van der Waals surface area contributed by atoms with Gasteiger partial charge in [0.1, 0.15) is 0 Å². The number of hydrogen-bond acceptors (Lipinski definition) is 2. The molecule has 0 atom stereocenters. The molecule has 3 heterocycles. The third-order valence-electron chi connectivity index (χ3n) is 7.46. The first-order chi connectivity index (χ1) is 18.8. The number of para-hydroxylation sites is 2. The van der Waals surface area contributed by atoms with Gasteiger partial charge in [0.15, 0.2) is 0 Å². The van der Waals surface area contributed by atoms with Crippen molar-refractivity contribution in [2.24, 2.45) is 0 Å². The fourth-order valence-corrected chi connectivity index (χ4v) is 5.72. The molecule has 8 aromatic rings. The van der Waals surface area contributed by atoms with Crippen LogP contribution in [0.4, 0.5) is 0 Å². The Hall–Kier alpha value is -5.22. The lowest BCUT2D eigenvalue weighted by atomic mass is 10.0. The minimum absolute atomic E-state index is 0.858. The van der Waals surface area contributed by atoms with Crippen LogP contribution < -0.4 is 0 Å². The maximum absolute atomic E-state index is 4.45. The smallest absolute Gasteiger partial charge is 0.0950 e. The van der Waals surface area contributed by atoms with E-state index < -0.39 is 0 Å². The van der Waals surface area contributed by atoms with E-state index in [4.69, 9.17) is 0 Å². The molecule has 0 bridgehead atoms. The fourth-order valence-electron chi connectivity index (χ4n) is 5.72. The molecule has 0 aliphatic heterocycles. The van der Waals surface area contributed by atoms with Gasteiger partial charge in [0.05, 0.1) is 34.1 Å². The van der Waals surface area contributed by atoms with Gasteiger partial charge in [0.2, 0.25) is 0 Å². The first-order valence-electron chi connectivity index (χ1n) is 12.8. The third kappa shape index (κ3) is 3.10. The predicted molar refractivity (Wildman–Crippen MR) is 156 cm³/mol. The Balaban J connectivity index is 1.44. The van der Waals surface area contributed by atoms with Gasteiger partial charge in [0.25, 0.3) is 0 Å². The molecule has 0 radical (unpaired) electrons. The summed E-state index contributed by atoms with van der Waals surface area (Å²) in [5.74, 6) is 0. The van der Waals surface area contributed by atoms with Crippen molar-refractivity contribution in [1.82, 2.24) is 19.3 Å². The van der Waals surface area contributed by atoms with Crippen molar-refractivity contribution in [1.29, 1.82) is 0 Å². The molecule has 0 saturated heterocycles. The van der Waals surface area contributed by atoms with Crippen LogP contribution in [0, 0.1) is 0 Å². The van der Waals surface area contributed by atoms with Gasteiger partial charge < -0.3 is 9.13 Å². The number of aromatic nitrogens is 4. The van der Waals surface area contributed by atoms with Gasteiger partial charge >= 0.3 is 0 Å². The van der Waals surface area contributed by atoms with E-state index in [1.807, 2.05) is 24.4 Å². The SMILES string of the molecule is c1ccc(-c2cc(-n3c4ccccc4c4ccc5cc6c(ccn6-c6ccccc6)cc5c43)cnn2)cc1. The first-order valence-corrected chi connectivity index (χ1v) is 12.8.